The third-order valence-electron chi connectivity index (χ3n) is 3.33. The van der Waals surface area contributed by atoms with Crippen LogP contribution in [0.1, 0.15) is 11.6 Å². The van der Waals surface area contributed by atoms with E-state index in [1.165, 1.54) is 11.8 Å². The molecule has 2 heterocycles. The van der Waals surface area contributed by atoms with Gasteiger partial charge in [0.2, 0.25) is 0 Å². The third-order valence-corrected chi connectivity index (χ3v) is 5.37. The van der Waals surface area contributed by atoms with E-state index in [1.54, 1.807) is 12.1 Å². The van der Waals surface area contributed by atoms with E-state index in [0.29, 0.717) is 29.0 Å². The summed E-state index contributed by atoms with van der Waals surface area (Å²) >= 11 is 8.31. The molecule has 0 radical (unpaired) electrons. The maximum Gasteiger partial charge on any atom is 0.258 e. The highest BCUT2D eigenvalue weighted by Crippen LogP contribution is 2.26. The average molecular weight is 471 g/mol. The smallest absolute Gasteiger partial charge is 0.258 e. The van der Waals surface area contributed by atoms with Gasteiger partial charge in [0.15, 0.2) is 5.16 Å². The first-order chi connectivity index (χ1) is 11.5. The van der Waals surface area contributed by atoms with Crippen LogP contribution in [0.3, 0.4) is 0 Å². The number of rotatable bonds is 5. The van der Waals surface area contributed by atoms with E-state index in [4.69, 9.17) is 0 Å². The van der Waals surface area contributed by atoms with Gasteiger partial charge in [-0.05, 0) is 35.0 Å². The van der Waals surface area contributed by atoms with E-state index in [-0.39, 0.29) is 5.56 Å². The maximum absolute atomic E-state index is 12.3. The lowest BCUT2D eigenvalue weighted by molar-refractivity contribution is 0.703. The second-order valence-corrected chi connectivity index (χ2v) is 7.73. The van der Waals surface area contributed by atoms with Crippen LogP contribution in [0.15, 0.2) is 43.7 Å². The van der Waals surface area contributed by atoms with Gasteiger partial charge in [0.05, 0.1) is 16.7 Å². The van der Waals surface area contributed by atoms with Crippen LogP contribution in [-0.2, 0) is 12.3 Å². The monoisotopic (exact) mass is 469 g/mol. The Balaban J connectivity index is 1.91. The van der Waals surface area contributed by atoms with Crippen LogP contribution < -0.4 is 5.56 Å². The summed E-state index contributed by atoms with van der Waals surface area (Å²) in [5.41, 5.74) is 0.475. The number of aromatic amines is 1. The van der Waals surface area contributed by atoms with Crippen LogP contribution in [0.4, 0.5) is 0 Å². The molecule has 0 fully saturated rings. The Bertz CT molecular complexity index is 982. The molecule has 0 bridgehead atoms. The molecule has 0 aliphatic heterocycles. The molecule has 0 atom stereocenters. The van der Waals surface area contributed by atoms with Crippen LogP contribution in [0.2, 0.25) is 0 Å². The quantitative estimate of drug-likeness (QED) is 0.453. The molecule has 0 aliphatic rings. The molecule has 0 saturated heterocycles. The molecular formula is C15H13Br2N5OS. The average Bonchev–Trinajstić information content (AvgIpc) is 2.87. The molecule has 124 valence electrons. The van der Waals surface area contributed by atoms with Crippen molar-refractivity contribution in [3.63, 3.8) is 0 Å². The Morgan fingerprint density at radius 2 is 2.17 bits per heavy atom. The van der Waals surface area contributed by atoms with Gasteiger partial charge in [-0.15, -0.1) is 16.8 Å². The van der Waals surface area contributed by atoms with Crippen molar-refractivity contribution in [1.82, 2.24) is 24.7 Å². The van der Waals surface area contributed by atoms with Crippen LogP contribution in [-0.4, -0.2) is 24.7 Å². The maximum atomic E-state index is 12.3. The molecule has 1 N–H and O–H groups in total. The minimum absolute atomic E-state index is 0.165. The number of nitrogens with one attached hydrogen (secondary N) is 1. The number of hydrogen-bond donors (Lipinski definition) is 1. The zero-order valence-corrected chi connectivity index (χ0v) is 16.7. The van der Waals surface area contributed by atoms with E-state index >= 15 is 0 Å². The van der Waals surface area contributed by atoms with Crippen molar-refractivity contribution in [2.75, 3.05) is 0 Å². The number of benzene rings is 1. The fraction of sp³-hybridized carbons (Fsp3) is 0.200. The van der Waals surface area contributed by atoms with Crippen molar-refractivity contribution in [2.45, 2.75) is 24.4 Å². The second kappa shape index (κ2) is 7.20. The number of H-pyrrole nitrogens is 1. The second-order valence-electron chi connectivity index (χ2n) is 5.01. The van der Waals surface area contributed by atoms with Crippen molar-refractivity contribution < 1.29 is 0 Å². The SMILES string of the molecule is C=CCn1c(C)nnc1SCc1nc2c(Br)cc(Br)cc2c(=O)[nH]1. The molecule has 24 heavy (non-hydrogen) atoms. The molecule has 3 aromatic rings. The highest BCUT2D eigenvalue weighted by atomic mass is 79.9. The predicted molar refractivity (Wildman–Crippen MR) is 102 cm³/mol. The van der Waals surface area contributed by atoms with Gasteiger partial charge in [0.25, 0.3) is 5.56 Å². The molecule has 0 saturated carbocycles. The zero-order chi connectivity index (χ0) is 17.3. The van der Waals surface area contributed by atoms with Crippen molar-refractivity contribution in [3.8, 4) is 0 Å². The topological polar surface area (TPSA) is 76.5 Å². The van der Waals surface area contributed by atoms with E-state index in [9.17, 15) is 4.79 Å². The van der Waals surface area contributed by atoms with Gasteiger partial charge in [-0.25, -0.2) is 4.98 Å². The summed E-state index contributed by atoms with van der Waals surface area (Å²) in [5.74, 6) is 1.90. The summed E-state index contributed by atoms with van der Waals surface area (Å²) in [7, 11) is 0. The number of hydrogen-bond acceptors (Lipinski definition) is 5. The normalized spacial score (nSPS) is 11.1. The van der Waals surface area contributed by atoms with Gasteiger partial charge in [-0.1, -0.05) is 33.8 Å². The lowest BCUT2D eigenvalue weighted by Crippen LogP contribution is -2.12. The van der Waals surface area contributed by atoms with Crippen LogP contribution in [0.5, 0.6) is 0 Å². The molecule has 6 nitrogen and oxygen atoms in total. The Morgan fingerprint density at radius 1 is 1.38 bits per heavy atom. The summed E-state index contributed by atoms with van der Waals surface area (Å²) in [6.07, 6.45) is 1.80. The third kappa shape index (κ3) is 3.47. The number of aromatic nitrogens is 5. The number of fused-ring (bicyclic) bond motifs is 1. The van der Waals surface area contributed by atoms with Crippen molar-refractivity contribution in [3.05, 3.63) is 55.7 Å². The van der Waals surface area contributed by atoms with Crippen molar-refractivity contribution >= 4 is 54.5 Å². The van der Waals surface area contributed by atoms with Crippen LogP contribution in [0, 0.1) is 6.92 Å². The lowest BCUT2D eigenvalue weighted by Gasteiger charge is -2.06. The lowest BCUT2D eigenvalue weighted by atomic mass is 10.2. The van der Waals surface area contributed by atoms with Gasteiger partial charge in [0.1, 0.15) is 11.6 Å². The van der Waals surface area contributed by atoms with Gasteiger partial charge < -0.3 is 9.55 Å². The molecule has 2 aromatic heterocycles. The molecule has 0 amide bonds. The van der Waals surface area contributed by atoms with Crippen LogP contribution >= 0.6 is 43.6 Å². The Hall–Kier alpha value is -1.45. The molecule has 3 rings (SSSR count). The first-order valence-electron chi connectivity index (χ1n) is 7.01. The van der Waals surface area contributed by atoms with Crippen molar-refractivity contribution in [1.29, 1.82) is 0 Å². The summed E-state index contributed by atoms with van der Waals surface area (Å²) in [6.45, 7) is 6.28. The van der Waals surface area contributed by atoms with E-state index in [2.05, 4.69) is 58.6 Å². The molecule has 9 heteroatoms. The molecule has 0 aliphatic carbocycles. The fourth-order valence-electron chi connectivity index (χ4n) is 2.22. The number of allylic oxidation sites excluding steroid dienone is 1. The summed E-state index contributed by atoms with van der Waals surface area (Å²) in [4.78, 5) is 19.7. The Kier molecular flexibility index (Phi) is 5.21. The highest BCUT2D eigenvalue weighted by molar-refractivity contribution is 9.11. The molecule has 0 unspecified atom stereocenters. The van der Waals surface area contributed by atoms with Crippen molar-refractivity contribution in [2.24, 2.45) is 0 Å². The predicted octanol–water partition coefficient (Wildman–Crippen LogP) is 3.83. The summed E-state index contributed by atoms with van der Waals surface area (Å²) < 4.78 is 3.56. The van der Waals surface area contributed by atoms with Crippen LogP contribution in [0.25, 0.3) is 10.9 Å². The Labute approximate surface area is 159 Å². The largest absolute Gasteiger partial charge is 0.309 e. The molecule has 1 aromatic carbocycles. The van der Waals surface area contributed by atoms with E-state index in [0.717, 1.165) is 19.9 Å². The standard InChI is InChI=1S/C15H13Br2N5OS/c1-3-4-22-8(2)20-21-15(22)24-7-12-18-13-10(14(23)19-12)5-9(16)6-11(13)17/h3,5-6H,1,4,7H2,2H3,(H,18,19,23). The number of halogens is 2. The van der Waals surface area contributed by atoms with E-state index in [1.807, 2.05) is 17.6 Å². The highest BCUT2D eigenvalue weighted by Gasteiger charge is 2.12. The zero-order valence-electron chi connectivity index (χ0n) is 12.7. The molecule has 0 spiro atoms. The van der Waals surface area contributed by atoms with Gasteiger partial charge in [-0.2, -0.15) is 0 Å². The number of thioether (sulfide) groups is 1. The minimum Gasteiger partial charge on any atom is -0.309 e. The first kappa shape index (κ1) is 17.4. The summed E-state index contributed by atoms with van der Waals surface area (Å²) in [5, 5.41) is 9.54. The number of aryl methyl sites for hydroxylation is 1. The summed E-state index contributed by atoms with van der Waals surface area (Å²) in [6, 6.07) is 3.63. The van der Waals surface area contributed by atoms with E-state index < -0.39 is 0 Å². The van der Waals surface area contributed by atoms with Gasteiger partial charge >= 0.3 is 0 Å². The minimum atomic E-state index is -0.165. The Morgan fingerprint density at radius 3 is 2.92 bits per heavy atom. The fourth-order valence-corrected chi connectivity index (χ4v) is 4.40. The van der Waals surface area contributed by atoms with Gasteiger partial charge in [0, 0.05) is 15.5 Å². The van der Waals surface area contributed by atoms with Gasteiger partial charge in [-0.3, -0.25) is 4.79 Å². The number of nitrogens with zero attached hydrogens (tertiary/aromatic N) is 4. The first-order valence-corrected chi connectivity index (χ1v) is 9.58. The molecular weight excluding hydrogens is 458 g/mol.